The number of alkyl halides is 17. The first-order valence-corrected chi connectivity index (χ1v) is 12.7. The van der Waals surface area contributed by atoms with E-state index in [9.17, 15) is 83.1 Å². The van der Waals surface area contributed by atoms with Crippen molar-refractivity contribution in [3.63, 3.8) is 0 Å². The number of nitrogens with zero attached hydrogens (tertiary/aromatic N) is 1. The number of ether oxygens (including phenoxy) is 1. The van der Waals surface area contributed by atoms with Crippen molar-refractivity contribution in [2.24, 2.45) is 0 Å². The maximum Gasteiger partial charge on any atom is 0.449 e. The molecule has 0 aliphatic heterocycles. The summed E-state index contributed by atoms with van der Waals surface area (Å²) in [5.41, 5.74) is -22.2. The molecule has 1 rings (SSSR count). The van der Waals surface area contributed by atoms with E-state index in [1.165, 1.54) is 0 Å². The Morgan fingerprint density at radius 1 is 0.682 bits per heavy atom. The van der Waals surface area contributed by atoms with Gasteiger partial charge >= 0.3 is 42.2 Å². The Labute approximate surface area is 236 Å². The summed E-state index contributed by atoms with van der Waals surface area (Å²) in [6.45, 7) is 0.156. The molecule has 0 amide bonds. The number of hydrogen-bond donors (Lipinski definition) is 1. The van der Waals surface area contributed by atoms with Crippen molar-refractivity contribution in [3.8, 4) is 5.75 Å². The summed E-state index contributed by atoms with van der Waals surface area (Å²) in [7, 11) is 0.640. The largest absolute Gasteiger partial charge is 0.452 e. The van der Waals surface area contributed by atoms with Crippen LogP contribution in [0.4, 0.5) is 74.6 Å². The topological polar surface area (TPSA) is 55.4 Å². The van der Waals surface area contributed by atoms with Gasteiger partial charge in [-0.15, -0.1) is 0 Å². The van der Waals surface area contributed by atoms with Crippen LogP contribution >= 0.6 is 0 Å². The molecule has 0 aliphatic rings. The molecule has 256 valence electrons. The third-order valence-corrected chi connectivity index (χ3v) is 6.86. The van der Waals surface area contributed by atoms with E-state index in [0.29, 0.717) is 11.0 Å². The van der Waals surface area contributed by atoms with E-state index in [2.05, 4.69) is 4.74 Å². The molecule has 0 saturated carbocycles. The van der Waals surface area contributed by atoms with Gasteiger partial charge in [-0.3, -0.25) is 0 Å². The fourth-order valence-electron chi connectivity index (χ4n) is 3.34. The molecule has 0 bridgehead atoms. The van der Waals surface area contributed by atoms with Crippen LogP contribution in [0.5, 0.6) is 5.75 Å². The second kappa shape index (κ2) is 12.0. The molecular formula is C21H20F17N2O3S+. The van der Waals surface area contributed by atoms with Crippen LogP contribution < -0.4 is 9.46 Å². The molecule has 1 N–H and O–H groups in total. The van der Waals surface area contributed by atoms with Gasteiger partial charge in [-0.05, 0) is 24.3 Å². The van der Waals surface area contributed by atoms with Crippen molar-refractivity contribution in [3.05, 3.63) is 35.6 Å². The van der Waals surface area contributed by atoms with E-state index in [1.807, 2.05) is 4.72 Å². The minimum absolute atomic E-state index is 0.0633. The SMILES string of the molecule is C[N+](C)(C)CCCNS(=O)(=O)c1ccc(OC(=C(C(F)(C(F)(F)F)C(F)(F)F)C(F)(C(F)(F)F)C(F)(F)F)C(F)(F)F)cc1. The standard InChI is InChI=1S/C21H20F17N2O3S/c1-40(2,3)10-4-9-39-44(41,42)12-7-5-11(6-8-12)43-14(17(24,25)26)13(15(22,18(27,28)29)19(30,31)32)16(23,20(33,34)35)21(36,37)38/h5-8,39H,4,9-10H2,1-3H3/q+1. The summed E-state index contributed by atoms with van der Waals surface area (Å²) in [5, 5.41) is 0. The molecule has 0 aromatic heterocycles. The highest BCUT2D eigenvalue weighted by molar-refractivity contribution is 7.89. The number of quaternary nitrogens is 1. The quantitative estimate of drug-likeness (QED) is 0.125. The summed E-state index contributed by atoms with van der Waals surface area (Å²) >= 11 is 0. The van der Waals surface area contributed by atoms with Crippen LogP contribution in [-0.2, 0) is 10.0 Å². The predicted molar refractivity (Wildman–Crippen MR) is 115 cm³/mol. The minimum atomic E-state index is -8.32. The predicted octanol–water partition coefficient (Wildman–Crippen LogP) is 6.92. The molecule has 0 heterocycles. The zero-order valence-corrected chi connectivity index (χ0v) is 22.8. The van der Waals surface area contributed by atoms with Gasteiger partial charge in [0, 0.05) is 13.0 Å². The van der Waals surface area contributed by atoms with Crippen LogP contribution in [-0.4, -0.2) is 89.4 Å². The van der Waals surface area contributed by atoms with Gasteiger partial charge in [0.1, 0.15) is 5.75 Å². The second-order valence-corrected chi connectivity index (χ2v) is 11.6. The highest BCUT2D eigenvalue weighted by Gasteiger charge is 2.88. The van der Waals surface area contributed by atoms with Crippen LogP contribution in [0.15, 0.2) is 40.5 Å². The molecule has 23 heteroatoms. The van der Waals surface area contributed by atoms with Crippen molar-refractivity contribution in [2.75, 3.05) is 34.2 Å². The fraction of sp³-hybridized carbons (Fsp3) is 0.619. The van der Waals surface area contributed by atoms with Crippen LogP contribution in [0.25, 0.3) is 0 Å². The van der Waals surface area contributed by atoms with Crippen molar-refractivity contribution < 1.29 is 92.3 Å². The smallest absolute Gasteiger partial charge is 0.449 e. The van der Waals surface area contributed by atoms with Gasteiger partial charge in [-0.1, -0.05) is 0 Å². The lowest BCUT2D eigenvalue weighted by atomic mass is 9.79. The molecule has 0 radical (unpaired) electrons. The molecule has 1 aromatic carbocycles. The van der Waals surface area contributed by atoms with E-state index >= 15 is 0 Å². The van der Waals surface area contributed by atoms with Gasteiger partial charge in [0.2, 0.25) is 15.8 Å². The molecule has 0 saturated heterocycles. The Morgan fingerprint density at radius 3 is 1.34 bits per heavy atom. The maximum absolute atomic E-state index is 14.7. The van der Waals surface area contributed by atoms with E-state index < -0.39 is 74.2 Å². The number of halogens is 17. The molecule has 0 aliphatic carbocycles. The average molecular weight is 703 g/mol. The summed E-state index contributed by atoms with van der Waals surface area (Å²) in [6.07, 6.45) is -39.6. The Morgan fingerprint density at radius 2 is 1.05 bits per heavy atom. The Bertz CT molecular complexity index is 1220. The molecule has 0 atom stereocenters. The van der Waals surface area contributed by atoms with Gasteiger partial charge in [-0.25, -0.2) is 21.9 Å². The lowest BCUT2D eigenvalue weighted by molar-refractivity contribution is -0.870. The Hall–Kier alpha value is -2.56. The van der Waals surface area contributed by atoms with Gasteiger partial charge in [0.25, 0.3) is 0 Å². The third kappa shape index (κ3) is 8.17. The Kier molecular flexibility index (Phi) is 10.8. The van der Waals surface area contributed by atoms with Crippen LogP contribution in [0, 0.1) is 0 Å². The molecule has 1 aromatic rings. The summed E-state index contributed by atoms with van der Waals surface area (Å²) < 4.78 is 261. The van der Waals surface area contributed by atoms with Crippen molar-refractivity contribution >= 4 is 10.0 Å². The van der Waals surface area contributed by atoms with E-state index in [4.69, 9.17) is 0 Å². The highest BCUT2D eigenvalue weighted by Crippen LogP contribution is 2.63. The van der Waals surface area contributed by atoms with E-state index in [-0.39, 0.29) is 37.2 Å². The zero-order chi connectivity index (χ0) is 35.2. The zero-order valence-electron chi connectivity index (χ0n) is 21.9. The molecule has 5 nitrogen and oxygen atoms in total. The highest BCUT2D eigenvalue weighted by atomic mass is 32.2. The third-order valence-electron chi connectivity index (χ3n) is 5.39. The molecular weight excluding hydrogens is 683 g/mol. The summed E-state index contributed by atoms with van der Waals surface area (Å²) in [4.78, 5) is -0.899. The number of benzene rings is 1. The van der Waals surface area contributed by atoms with Crippen LogP contribution in [0.1, 0.15) is 6.42 Å². The number of hydrogen-bond acceptors (Lipinski definition) is 3. The van der Waals surface area contributed by atoms with Gasteiger partial charge in [0.05, 0.1) is 38.2 Å². The lowest BCUT2D eigenvalue weighted by Crippen LogP contribution is -2.67. The first-order chi connectivity index (χ1) is 19.1. The molecule has 0 spiro atoms. The fourth-order valence-corrected chi connectivity index (χ4v) is 4.41. The maximum atomic E-state index is 14.7. The number of allylic oxidation sites excluding steroid dienone is 2. The van der Waals surface area contributed by atoms with E-state index in [1.54, 1.807) is 21.1 Å². The monoisotopic (exact) mass is 703 g/mol. The Balaban J connectivity index is 4.03. The molecule has 44 heavy (non-hydrogen) atoms. The van der Waals surface area contributed by atoms with Gasteiger partial charge < -0.3 is 9.22 Å². The first-order valence-electron chi connectivity index (χ1n) is 11.2. The number of nitrogens with one attached hydrogen (secondary N) is 1. The van der Waals surface area contributed by atoms with Crippen molar-refractivity contribution in [1.82, 2.24) is 4.72 Å². The molecule has 0 unspecified atom stereocenters. The molecule has 0 fully saturated rings. The van der Waals surface area contributed by atoms with Gasteiger partial charge in [0.15, 0.2) is 0 Å². The summed E-state index contributed by atoms with van der Waals surface area (Å²) in [5.74, 6) is -6.54. The first kappa shape index (κ1) is 39.5. The average Bonchev–Trinajstić information content (AvgIpc) is 2.77. The lowest BCUT2D eigenvalue weighted by Gasteiger charge is -2.41. The summed E-state index contributed by atoms with van der Waals surface area (Å²) in [6, 6.07) is 0.313. The van der Waals surface area contributed by atoms with Crippen LogP contribution in [0.2, 0.25) is 0 Å². The van der Waals surface area contributed by atoms with Crippen molar-refractivity contribution in [2.45, 2.75) is 53.5 Å². The minimum Gasteiger partial charge on any atom is -0.452 e. The van der Waals surface area contributed by atoms with Gasteiger partial charge in [-0.2, -0.15) is 65.9 Å². The van der Waals surface area contributed by atoms with Crippen molar-refractivity contribution in [1.29, 1.82) is 0 Å². The number of rotatable bonds is 10. The normalized spacial score (nSPS) is 14.9. The van der Waals surface area contributed by atoms with E-state index in [0.717, 1.165) is 0 Å². The van der Waals surface area contributed by atoms with Crippen LogP contribution in [0.3, 0.4) is 0 Å². The number of sulfonamides is 1. The second-order valence-electron chi connectivity index (χ2n) is 9.85.